The van der Waals surface area contributed by atoms with Crippen LogP contribution in [0.15, 0.2) is 0 Å². The normalized spacial score (nSPS) is 42.0. The lowest BCUT2D eigenvalue weighted by Crippen LogP contribution is -2.46. The molecule has 20 heavy (non-hydrogen) atoms. The van der Waals surface area contributed by atoms with E-state index in [1.807, 2.05) is 0 Å². The van der Waals surface area contributed by atoms with Crippen LogP contribution in [-0.2, 0) is 13.0 Å². The second kappa shape index (κ2) is 4.09. The molecule has 6 rings (SSSR count). The fourth-order valence-corrected chi connectivity index (χ4v) is 6.10. The molecule has 4 saturated carbocycles. The minimum absolute atomic E-state index is 0.727. The van der Waals surface area contributed by atoms with E-state index in [0.29, 0.717) is 0 Å². The number of nitrogens with zero attached hydrogens (tertiary/aromatic N) is 2. The van der Waals surface area contributed by atoms with E-state index in [4.69, 9.17) is 5.10 Å². The molecule has 0 atom stereocenters. The number of nitrogens with one attached hydrogen (secondary N) is 1. The molecule has 0 spiro atoms. The van der Waals surface area contributed by atoms with Crippen LogP contribution in [0.5, 0.6) is 0 Å². The van der Waals surface area contributed by atoms with E-state index in [2.05, 4.69) is 16.9 Å². The van der Waals surface area contributed by atoms with Crippen LogP contribution in [0.25, 0.3) is 0 Å². The standard InChI is InChI=1S/C17H25N3/c1-10-15-2-3-18-9-16(15)20(19-10)17-13-5-11-4-12(7-13)8-14(17)6-11/h11-14,17-18H,2-9H2,1H3. The van der Waals surface area contributed by atoms with Crippen molar-refractivity contribution < 1.29 is 0 Å². The topological polar surface area (TPSA) is 29.9 Å². The number of aromatic nitrogens is 2. The van der Waals surface area contributed by atoms with Gasteiger partial charge in [-0.2, -0.15) is 5.10 Å². The molecule has 5 aliphatic rings. The second-order valence-corrected chi connectivity index (χ2v) is 7.80. The van der Waals surface area contributed by atoms with Crippen LogP contribution >= 0.6 is 0 Å². The van der Waals surface area contributed by atoms with Crippen molar-refractivity contribution in [1.82, 2.24) is 15.1 Å². The summed E-state index contributed by atoms with van der Waals surface area (Å²) in [4.78, 5) is 0. The summed E-state index contributed by atoms with van der Waals surface area (Å²) in [6.07, 6.45) is 8.65. The first-order valence-electron chi connectivity index (χ1n) is 8.57. The predicted octanol–water partition coefficient (Wildman–Crippen LogP) is 2.83. The summed E-state index contributed by atoms with van der Waals surface area (Å²) in [5, 5.41) is 8.57. The molecular formula is C17H25N3. The Hall–Kier alpha value is -0.830. The van der Waals surface area contributed by atoms with E-state index in [9.17, 15) is 0 Å². The largest absolute Gasteiger partial charge is 0.311 e. The van der Waals surface area contributed by atoms with Gasteiger partial charge in [0.15, 0.2) is 0 Å². The van der Waals surface area contributed by atoms with Crippen molar-refractivity contribution in [1.29, 1.82) is 0 Å². The Morgan fingerprint density at radius 2 is 1.75 bits per heavy atom. The van der Waals surface area contributed by atoms with Gasteiger partial charge in [-0.05, 0) is 81.2 Å². The Kier molecular flexibility index (Phi) is 2.41. The van der Waals surface area contributed by atoms with E-state index >= 15 is 0 Å². The summed E-state index contributed by atoms with van der Waals surface area (Å²) in [7, 11) is 0. The number of hydrogen-bond donors (Lipinski definition) is 1. The van der Waals surface area contributed by atoms with E-state index in [1.54, 1.807) is 5.56 Å². The van der Waals surface area contributed by atoms with Crippen LogP contribution in [0, 0.1) is 30.6 Å². The van der Waals surface area contributed by atoms with Gasteiger partial charge in [-0.25, -0.2) is 0 Å². The molecular weight excluding hydrogens is 246 g/mol. The molecule has 4 fully saturated rings. The average Bonchev–Trinajstić information content (AvgIpc) is 2.76. The lowest BCUT2D eigenvalue weighted by Gasteiger charge is -2.54. The first-order chi connectivity index (χ1) is 9.79. The summed E-state index contributed by atoms with van der Waals surface area (Å²) in [5.41, 5.74) is 4.37. The molecule has 0 aromatic carbocycles. The van der Waals surface area contributed by atoms with Crippen LogP contribution in [0.4, 0.5) is 0 Å². The maximum Gasteiger partial charge on any atom is 0.0629 e. The molecule has 4 bridgehead atoms. The zero-order valence-electron chi connectivity index (χ0n) is 12.4. The zero-order chi connectivity index (χ0) is 13.3. The quantitative estimate of drug-likeness (QED) is 0.851. The van der Waals surface area contributed by atoms with Crippen LogP contribution in [0.1, 0.15) is 55.1 Å². The van der Waals surface area contributed by atoms with Gasteiger partial charge in [-0.3, -0.25) is 4.68 Å². The molecule has 3 heteroatoms. The Morgan fingerprint density at radius 3 is 2.45 bits per heavy atom. The van der Waals surface area contributed by atoms with Gasteiger partial charge in [0.05, 0.1) is 17.4 Å². The Morgan fingerprint density at radius 1 is 1.05 bits per heavy atom. The Balaban J connectivity index is 1.57. The van der Waals surface area contributed by atoms with Gasteiger partial charge in [0.25, 0.3) is 0 Å². The molecule has 1 aliphatic heterocycles. The van der Waals surface area contributed by atoms with Crippen molar-refractivity contribution in [3.8, 4) is 0 Å². The molecule has 3 nitrogen and oxygen atoms in total. The third-order valence-electron chi connectivity index (χ3n) is 6.62. The van der Waals surface area contributed by atoms with Crippen molar-refractivity contribution in [2.45, 2.75) is 58.0 Å². The highest BCUT2D eigenvalue weighted by Gasteiger charge is 2.49. The summed E-state index contributed by atoms with van der Waals surface area (Å²) in [6.45, 7) is 4.39. The highest BCUT2D eigenvalue weighted by Crippen LogP contribution is 2.58. The molecule has 0 amide bonds. The molecule has 0 saturated heterocycles. The maximum absolute atomic E-state index is 5.01. The first kappa shape index (κ1) is 11.8. The van der Waals surface area contributed by atoms with Crippen molar-refractivity contribution in [3.05, 3.63) is 17.0 Å². The van der Waals surface area contributed by atoms with E-state index in [1.165, 1.54) is 49.9 Å². The molecule has 1 N–H and O–H groups in total. The SMILES string of the molecule is Cc1nn(C2C3CC4CC(C3)CC2C4)c2c1CCNC2. The summed E-state index contributed by atoms with van der Waals surface area (Å²) >= 11 is 0. The summed E-state index contributed by atoms with van der Waals surface area (Å²) < 4.78 is 2.49. The van der Waals surface area contributed by atoms with Crippen LogP contribution < -0.4 is 5.32 Å². The molecule has 108 valence electrons. The first-order valence-corrected chi connectivity index (χ1v) is 8.57. The van der Waals surface area contributed by atoms with Gasteiger partial charge in [-0.1, -0.05) is 0 Å². The van der Waals surface area contributed by atoms with Crippen molar-refractivity contribution in [3.63, 3.8) is 0 Å². The molecule has 1 aromatic rings. The van der Waals surface area contributed by atoms with Crippen LogP contribution in [0.2, 0.25) is 0 Å². The van der Waals surface area contributed by atoms with Gasteiger partial charge in [-0.15, -0.1) is 0 Å². The van der Waals surface area contributed by atoms with Crippen molar-refractivity contribution >= 4 is 0 Å². The number of aryl methyl sites for hydroxylation is 1. The zero-order valence-corrected chi connectivity index (χ0v) is 12.4. The predicted molar refractivity (Wildman–Crippen MR) is 78.5 cm³/mol. The monoisotopic (exact) mass is 271 g/mol. The fraction of sp³-hybridized carbons (Fsp3) is 0.824. The number of hydrogen-bond acceptors (Lipinski definition) is 2. The second-order valence-electron chi connectivity index (χ2n) is 7.80. The highest BCUT2D eigenvalue weighted by atomic mass is 15.3. The third kappa shape index (κ3) is 1.53. The van der Waals surface area contributed by atoms with Gasteiger partial charge >= 0.3 is 0 Å². The molecule has 4 aliphatic carbocycles. The molecule has 0 unspecified atom stereocenters. The lowest BCUT2D eigenvalue weighted by molar-refractivity contribution is -0.0349. The van der Waals surface area contributed by atoms with Gasteiger partial charge < -0.3 is 5.32 Å². The minimum Gasteiger partial charge on any atom is -0.311 e. The van der Waals surface area contributed by atoms with Gasteiger partial charge in [0, 0.05) is 6.54 Å². The van der Waals surface area contributed by atoms with E-state index < -0.39 is 0 Å². The molecule has 1 aromatic heterocycles. The third-order valence-corrected chi connectivity index (χ3v) is 6.62. The summed E-state index contributed by atoms with van der Waals surface area (Å²) in [5.74, 6) is 3.96. The van der Waals surface area contributed by atoms with Crippen molar-refractivity contribution in [2.24, 2.45) is 23.7 Å². The van der Waals surface area contributed by atoms with Gasteiger partial charge in [0.1, 0.15) is 0 Å². The van der Waals surface area contributed by atoms with Crippen LogP contribution in [0.3, 0.4) is 0 Å². The summed E-state index contributed by atoms with van der Waals surface area (Å²) in [6, 6.07) is 0.727. The van der Waals surface area contributed by atoms with E-state index in [-0.39, 0.29) is 0 Å². The number of fused-ring (bicyclic) bond motifs is 1. The highest BCUT2D eigenvalue weighted by molar-refractivity contribution is 5.28. The average molecular weight is 271 g/mol. The maximum atomic E-state index is 5.01. The van der Waals surface area contributed by atoms with E-state index in [0.717, 1.165) is 42.8 Å². The lowest BCUT2D eigenvalue weighted by atomic mass is 9.54. The number of rotatable bonds is 1. The molecule has 2 heterocycles. The fourth-order valence-electron chi connectivity index (χ4n) is 6.10. The molecule has 0 radical (unpaired) electrons. The van der Waals surface area contributed by atoms with Crippen LogP contribution in [-0.4, -0.2) is 16.3 Å². The smallest absolute Gasteiger partial charge is 0.0629 e. The van der Waals surface area contributed by atoms with Gasteiger partial charge in [0.2, 0.25) is 0 Å². The minimum atomic E-state index is 0.727. The Bertz CT molecular complexity index is 517. The Labute approximate surface area is 121 Å². The van der Waals surface area contributed by atoms with Crippen molar-refractivity contribution in [2.75, 3.05) is 6.54 Å².